The topological polar surface area (TPSA) is 86.0 Å². The summed E-state index contributed by atoms with van der Waals surface area (Å²) in [4.78, 5) is 12.6. The van der Waals surface area contributed by atoms with Crippen LogP contribution in [-0.4, -0.2) is 33.3 Å². The zero-order valence-corrected chi connectivity index (χ0v) is 13.8. The van der Waals surface area contributed by atoms with Crippen LogP contribution >= 0.6 is 0 Å². The molecule has 1 saturated heterocycles. The molecule has 0 spiro atoms. The van der Waals surface area contributed by atoms with Gasteiger partial charge >= 0.3 is 0 Å². The number of anilines is 1. The van der Waals surface area contributed by atoms with Crippen LogP contribution in [0.1, 0.15) is 54.5 Å². The minimum Gasteiger partial charge on any atom is -0.368 e. The number of nitrogens with one attached hydrogen (secondary N) is 1. The Labute approximate surface area is 139 Å². The largest absolute Gasteiger partial charge is 0.368 e. The molecule has 4 rings (SSSR count). The summed E-state index contributed by atoms with van der Waals surface area (Å²) in [6.07, 6.45) is 2.86. The van der Waals surface area contributed by atoms with E-state index in [0.29, 0.717) is 36.5 Å². The third-order valence-electron chi connectivity index (χ3n) is 4.52. The number of nitrogens with zero attached hydrogens (tertiary/aromatic N) is 4. The second-order valence-electron chi connectivity index (χ2n) is 6.50. The van der Waals surface area contributed by atoms with Crippen LogP contribution in [0.4, 0.5) is 10.2 Å². The molecule has 0 bridgehead atoms. The van der Waals surface area contributed by atoms with E-state index in [1.54, 1.807) is 13.8 Å². The van der Waals surface area contributed by atoms with Gasteiger partial charge in [-0.2, -0.15) is 4.98 Å². The second-order valence-corrected chi connectivity index (χ2v) is 6.50. The number of hydrogen-bond acceptors (Lipinski definition) is 7. The van der Waals surface area contributed by atoms with E-state index in [2.05, 4.69) is 25.4 Å². The van der Waals surface area contributed by atoms with Gasteiger partial charge < -0.3 is 14.6 Å². The first-order valence-electron chi connectivity index (χ1n) is 8.31. The molecule has 2 atom stereocenters. The molecule has 128 valence electrons. The first-order chi connectivity index (χ1) is 11.6. The molecule has 2 aromatic heterocycles. The normalized spacial score (nSPS) is 23.6. The fraction of sp³-hybridized carbons (Fsp3) is 0.625. The molecule has 1 saturated carbocycles. The van der Waals surface area contributed by atoms with Gasteiger partial charge in [0.25, 0.3) is 5.89 Å². The lowest BCUT2D eigenvalue weighted by atomic mass is 10.0. The summed E-state index contributed by atoms with van der Waals surface area (Å²) in [7, 11) is 0. The first kappa shape index (κ1) is 15.4. The first-order valence-corrected chi connectivity index (χ1v) is 8.31. The lowest BCUT2D eigenvalue weighted by Gasteiger charge is -2.16. The van der Waals surface area contributed by atoms with Crippen LogP contribution in [0.2, 0.25) is 0 Å². The molecule has 2 fully saturated rings. The minimum absolute atomic E-state index is 0.132. The number of hydrogen-bond donors (Lipinski definition) is 1. The van der Waals surface area contributed by atoms with Gasteiger partial charge in [-0.05, 0) is 33.1 Å². The summed E-state index contributed by atoms with van der Waals surface area (Å²) in [6.45, 7) is 4.53. The molecule has 0 radical (unpaired) electrons. The summed E-state index contributed by atoms with van der Waals surface area (Å²) < 4.78 is 25.3. The maximum absolute atomic E-state index is 14.1. The smallest absolute Gasteiger partial charge is 0.256 e. The Balaban J connectivity index is 1.45. The van der Waals surface area contributed by atoms with Crippen molar-refractivity contribution >= 4 is 5.82 Å². The molecule has 3 heterocycles. The minimum atomic E-state index is -0.412. The van der Waals surface area contributed by atoms with Crippen molar-refractivity contribution in [3.63, 3.8) is 0 Å². The van der Waals surface area contributed by atoms with Gasteiger partial charge in [0, 0.05) is 25.0 Å². The number of ether oxygens (including phenoxy) is 1. The van der Waals surface area contributed by atoms with Gasteiger partial charge in [0.2, 0.25) is 0 Å². The Kier molecular flexibility index (Phi) is 3.91. The number of rotatable bonds is 5. The molecule has 1 N–H and O–H groups in total. The predicted molar refractivity (Wildman–Crippen MR) is 83.0 cm³/mol. The van der Waals surface area contributed by atoms with E-state index in [1.165, 1.54) is 0 Å². The van der Waals surface area contributed by atoms with E-state index in [9.17, 15) is 4.39 Å². The number of aryl methyl sites for hydroxylation is 2. The van der Waals surface area contributed by atoms with Crippen LogP contribution in [0.5, 0.6) is 0 Å². The van der Waals surface area contributed by atoms with Crippen molar-refractivity contribution in [2.24, 2.45) is 5.92 Å². The van der Waals surface area contributed by atoms with E-state index in [-0.39, 0.29) is 17.8 Å². The second kappa shape index (κ2) is 6.08. The standard InChI is InChI=1S/C16H20FN5O2/c1-8-12(17)15(20-9(2)19-8)18-7-11-5-6-23-13(11)16-21-14(22-24-16)10-3-4-10/h10-11,13H,3-7H2,1-2H3,(H,18,19,20)/t11-,13-/m0/s1. The van der Waals surface area contributed by atoms with E-state index in [4.69, 9.17) is 9.26 Å². The van der Waals surface area contributed by atoms with Crippen molar-refractivity contribution < 1.29 is 13.7 Å². The summed E-state index contributed by atoms with van der Waals surface area (Å²) in [5, 5.41) is 7.13. The van der Waals surface area contributed by atoms with E-state index >= 15 is 0 Å². The Morgan fingerprint density at radius 1 is 1.17 bits per heavy atom. The van der Waals surface area contributed by atoms with Crippen LogP contribution < -0.4 is 5.32 Å². The third-order valence-corrected chi connectivity index (χ3v) is 4.52. The van der Waals surface area contributed by atoms with Gasteiger partial charge in [-0.25, -0.2) is 14.4 Å². The van der Waals surface area contributed by atoms with E-state index in [1.807, 2.05) is 0 Å². The maximum atomic E-state index is 14.1. The third kappa shape index (κ3) is 2.98. The van der Waals surface area contributed by atoms with Crippen LogP contribution in [0.15, 0.2) is 4.52 Å². The van der Waals surface area contributed by atoms with Crippen LogP contribution in [0.3, 0.4) is 0 Å². The molecule has 0 amide bonds. The summed E-state index contributed by atoms with van der Waals surface area (Å²) in [5.41, 5.74) is 0.343. The van der Waals surface area contributed by atoms with E-state index < -0.39 is 5.82 Å². The van der Waals surface area contributed by atoms with Gasteiger partial charge in [0.05, 0.1) is 5.69 Å². The average Bonchev–Trinajstić information content (AvgIpc) is 3.10. The van der Waals surface area contributed by atoms with Gasteiger partial charge in [0.15, 0.2) is 17.5 Å². The Hall–Kier alpha value is -2.09. The van der Waals surface area contributed by atoms with Crippen molar-refractivity contribution in [1.29, 1.82) is 0 Å². The summed E-state index contributed by atoms with van der Waals surface area (Å²) in [5.74, 6) is 2.24. The monoisotopic (exact) mass is 333 g/mol. The molecule has 24 heavy (non-hydrogen) atoms. The van der Waals surface area contributed by atoms with Crippen molar-refractivity contribution in [3.05, 3.63) is 29.1 Å². The molecular formula is C16H20FN5O2. The van der Waals surface area contributed by atoms with Gasteiger partial charge in [0.1, 0.15) is 11.9 Å². The highest BCUT2D eigenvalue weighted by atomic mass is 19.1. The fourth-order valence-corrected chi connectivity index (χ4v) is 3.03. The van der Waals surface area contributed by atoms with Crippen LogP contribution in [0.25, 0.3) is 0 Å². The highest BCUT2D eigenvalue weighted by molar-refractivity contribution is 5.38. The predicted octanol–water partition coefficient (Wildman–Crippen LogP) is 2.68. The summed E-state index contributed by atoms with van der Waals surface area (Å²) in [6, 6.07) is 0. The zero-order valence-electron chi connectivity index (χ0n) is 13.8. The highest BCUT2D eigenvalue weighted by Gasteiger charge is 2.36. The molecule has 1 aliphatic carbocycles. The van der Waals surface area contributed by atoms with Crippen LogP contribution in [-0.2, 0) is 4.74 Å². The molecule has 0 unspecified atom stereocenters. The number of aromatic nitrogens is 4. The van der Waals surface area contributed by atoms with Crippen molar-refractivity contribution in [2.75, 3.05) is 18.5 Å². The molecular weight excluding hydrogens is 313 g/mol. The molecule has 0 aromatic carbocycles. The molecule has 2 aromatic rings. The Morgan fingerprint density at radius 3 is 2.79 bits per heavy atom. The van der Waals surface area contributed by atoms with Crippen LogP contribution in [0, 0.1) is 25.6 Å². The quantitative estimate of drug-likeness (QED) is 0.900. The molecule has 7 nitrogen and oxygen atoms in total. The molecule has 1 aliphatic heterocycles. The van der Waals surface area contributed by atoms with E-state index in [0.717, 1.165) is 25.1 Å². The Bertz CT molecular complexity index is 746. The lowest BCUT2D eigenvalue weighted by molar-refractivity contribution is 0.0649. The average molecular weight is 333 g/mol. The SMILES string of the molecule is Cc1nc(C)c(F)c(NC[C@@H]2CCO[C@@H]2c2nc(C3CC3)no2)n1. The number of halogens is 1. The van der Waals surface area contributed by atoms with Gasteiger partial charge in [-0.1, -0.05) is 5.16 Å². The maximum Gasteiger partial charge on any atom is 0.256 e. The van der Waals surface area contributed by atoms with Crippen molar-refractivity contribution in [3.8, 4) is 0 Å². The van der Waals surface area contributed by atoms with Crippen molar-refractivity contribution in [2.45, 2.75) is 45.1 Å². The molecule has 8 heteroatoms. The summed E-state index contributed by atoms with van der Waals surface area (Å²) >= 11 is 0. The lowest BCUT2D eigenvalue weighted by Crippen LogP contribution is -2.20. The highest BCUT2D eigenvalue weighted by Crippen LogP contribution is 2.40. The Morgan fingerprint density at radius 2 is 2.00 bits per heavy atom. The van der Waals surface area contributed by atoms with Gasteiger partial charge in [-0.3, -0.25) is 0 Å². The zero-order chi connectivity index (χ0) is 16.7. The molecule has 2 aliphatic rings. The fourth-order valence-electron chi connectivity index (χ4n) is 3.03. The van der Waals surface area contributed by atoms with Gasteiger partial charge in [-0.15, -0.1) is 0 Å². The van der Waals surface area contributed by atoms with Crippen molar-refractivity contribution in [1.82, 2.24) is 20.1 Å².